The van der Waals surface area contributed by atoms with Crippen LogP contribution in [0.2, 0.25) is 0 Å². The second-order valence-electron chi connectivity index (χ2n) is 5.52. The monoisotopic (exact) mass is 302 g/mol. The summed E-state index contributed by atoms with van der Waals surface area (Å²) in [5.41, 5.74) is 1.19. The van der Waals surface area contributed by atoms with Gasteiger partial charge in [-0.1, -0.05) is 49.3 Å². The Balaban J connectivity index is 1.75. The summed E-state index contributed by atoms with van der Waals surface area (Å²) in [7, 11) is 0. The van der Waals surface area contributed by atoms with Crippen molar-refractivity contribution < 1.29 is 14.1 Å². The Morgan fingerprint density at radius 3 is 2.82 bits per heavy atom. The lowest BCUT2D eigenvalue weighted by Gasteiger charge is -2.06. The highest BCUT2D eigenvalue weighted by Crippen LogP contribution is 2.19. The van der Waals surface area contributed by atoms with Crippen LogP contribution in [0.1, 0.15) is 30.8 Å². The first-order chi connectivity index (χ1) is 10.7. The molecule has 118 valence electrons. The van der Waals surface area contributed by atoms with Crippen LogP contribution in [0.5, 0.6) is 0 Å². The van der Waals surface area contributed by atoms with Crippen LogP contribution in [0, 0.1) is 5.92 Å². The SMILES string of the molecule is CC(C)COCCCNC(=O)c1cc(-c2ccccc2)on1. The van der Waals surface area contributed by atoms with Crippen molar-refractivity contribution in [1.82, 2.24) is 10.5 Å². The molecule has 2 rings (SSSR count). The number of aromatic nitrogens is 1. The Labute approximate surface area is 130 Å². The van der Waals surface area contributed by atoms with Crippen molar-refractivity contribution in [2.24, 2.45) is 5.92 Å². The summed E-state index contributed by atoms with van der Waals surface area (Å²) >= 11 is 0. The van der Waals surface area contributed by atoms with Crippen LogP contribution in [0.3, 0.4) is 0 Å². The molecule has 0 saturated carbocycles. The quantitative estimate of drug-likeness (QED) is 0.761. The standard InChI is InChI=1S/C17H22N2O3/c1-13(2)12-21-10-6-9-18-17(20)15-11-16(22-19-15)14-7-4-3-5-8-14/h3-5,7-8,11,13H,6,9-10,12H2,1-2H3,(H,18,20). The molecule has 1 aromatic carbocycles. The molecule has 0 aliphatic carbocycles. The molecule has 1 N–H and O–H groups in total. The van der Waals surface area contributed by atoms with Crippen LogP contribution >= 0.6 is 0 Å². The number of nitrogens with zero attached hydrogens (tertiary/aromatic N) is 1. The molecule has 1 heterocycles. The predicted molar refractivity (Wildman–Crippen MR) is 84.5 cm³/mol. The van der Waals surface area contributed by atoms with Gasteiger partial charge in [0, 0.05) is 31.4 Å². The minimum atomic E-state index is -0.227. The van der Waals surface area contributed by atoms with Gasteiger partial charge in [-0.05, 0) is 12.3 Å². The van der Waals surface area contributed by atoms with E-state index in [1.165, 1.54) is 0 Å². The molecule has 5 heteroatoms. The Bertz CT molecular complexity index is 579. The lowest BCUT2D eigenvalue weighted by molar-refractivity contribution is 0.0917. The van der Waals surface area contributed by atoms with E-state index < -0.39 is 0 Å². The Kier molecular flexibility index (Phi) is 6.15. The molecule has 0 atom stereocenters. The highest BCUT2D eigenvalue weighted by atomic mass is 16.5. The molecule has 0 bridgehead atoms. The summed E-state index contributed by atoms with van der Waals surface area (Å²) in [5.74, 6) is 0.891. The van der Waals surface area contributed by atoms with E-state index in [4.69, 9.17) is 9.26 Å². The van der Waals surface area contributed by atoms with E-state index in [1.54, 1.807) is 6.07 Å². The van der Waals surface area contributed by atoms with Crippen LogP contribution in [-0.4, -0.2) is 30.8 Å². The highest BCUT2D eigenvalue weighted by molar-refractivity contribution is 5.93. The number of ether oxygens (including phenoxy) is 1. The molecule has 0 saturated heterocycles. The van der Waals surface area contributed by atoms with Gasteiger partial charge in [-0.15, -0.1) is 0 Å². The Morgan fingerprint density at radius 1 is 1.32 bits per heavy atom. The molecular weight excluding hydrogens is 280 g/mol. The van der Waals surface area contributed by atoms with Gasteiger partial charge in [0.2, 0.25) is 0 Å². The zero-order valence-electron chi connectivity index (χ0n) is 13.0. The van der Waals surface area contributed by atoms with E-state index in [0.717, 1.165) is 18.6 Å². The maximum atomic E-state index is 12.0. The zero-order valence-corrected chi connectivity index (χ0v) is 13.0. The summed E-state index contributed by atoms with van der Waals surface area (Å²) in [6.07, 6.45) is 0.780. The van der Waals surface area contributed by atoms with Gasteiger partial charge in [0.1, 0.15) is 0 Å². The highest BCUT2D eigenvalue weighted by Gasteiger charge is 2.12. The van der Waals surface area contributed by atoms with E-state index in [2.05, 4.69) is 24.3 Å². The number of nitrogens with one attached hydrogen (secondary N) is 1. The second kappa shape index (κ2) is 8.34. The van der Waals surface area contributed by atoms with Gasteiger partial charge in [-0.2, -0.15) is 0 Å². The lowest BCUT2D eigenvalue weighted by Crippen LogP contribution is -2.25. The number of hydrogen-bond acceptors (Lipinski definition) is 4. The Hall–Kier alpha value is -2.14. The summed E-state index contributed by atoms with van der Waals surface area (Å²) in [5, 5.41) is 6.62. The van der Waals surface area contributed by atoms with Crippen LogP contribution in [0.25, 0.3) is 11.3 Å². The average Bonchev–Trinajstić information content (AvgIpc) is 3.01. The fraction of sp³-hybridized carbons (Fsp3) is 0.412. The normalized spacial score (nSPS) is 10.9. The van der Waals surface area contributed by atoms with E-state index in [-0.39, 0.29) is 5.91 Å². The zero-order chi connectivity index (χ0) is 15.8. The van der Waals surface area contributed by atoms with Crippen LogP contribution < -0.4 is 5.32 Å². The second-order valence-corrected chi connectivity index (χ2v) is 5.52. The summed E-state index contributed by atoms with van der Waals surface area (Å²) < 4.78 is 10.7. The van der Waals surface area contributed by atoms with Crippen LogP contribution in [0.4, 0.5) is 0 Å². The van der Waals surface area contributed by atoms with Crippen LogP contribution in [0.15, 0.2) is 40.9 Å². The van der Waals surface area contributed by atoms with Gasteiger partial charge in [0.15, 0.2) is 11.5 Å². The van der Waals surface area contributed by atoms with Gasteiger partial charge >= 0.3 is 0 Å². The van der Waals surface area contributed by atoms with E-state index >= 15 is 0 Å². The first kappa shape index (κ1) is 16.2. The van der Waals surface area contributed by atoms with Crippen molar-refractivity contribution in [3.8, 4) is 11.3 Å². The number of carbonyl (C=O) groups excluding carboxylic acids is 1. The molecule has 0 aliphatic rings. The van der Waals surface area contributed by atoms with Gasteiger partial charge in [0.25, 0.3) is 5.91 Å². The third-order valence-corrected chi connectivity index (χ3v) is 3.00. The fourth-order valence-electron chi connectivity index (χ4n) is 1.91. The smallest absolute Gasteiger partial charge is 0.273 e. The van der Waals surface area contributed by atoms with E-state index in [1.807, 2.05) is 30.3 Å². The summed E-state index contributed by atoms with van der Waals surface area (Å²) in [4.78, 5) is 12.0. The first-order valence-corrected chi connectivity index (χ1v) is 7.55. The molecule has 0 aliphatic heterocycles. The molecule has 1 amide bonds. The van der Waals surface area contributed by atoms with Crippen molar-refractivity contribution >= 4 is 5.91 Å². The number of hydrogen-bond donors (Lipinski definition) is 1. The van der Waals surface area contributed by atoms with Crippen molar-refractivity contribution in [1.29, 1.82) is 0 Å². The molecule has 1 aromatic heterocycles. The molecule has 22 heavy (non-hydrogen) atoms. The third-order valence-electron chi connectivity index (χ3n) is 3.00. The Morgan fingerprint density at radius 2 is 2.09 bits per heavy atom. The van der Waals surface area contributed by atoms with Crippen molar-refractivity contribution in [3.05, 3.63) is 42.1 Å². The maximum absolute atomic E-state index is 12.0. The molecule has 5 nitrogen and oxygen atoms in total. The van der Waals surface area contributed by atoms with Gasteiger partial charge in [-0.3, -0.25) is 4.79 Å². The van der Waals surface area contributed by atoms with Crippen LogP contribution in [-0.2, 0) is 4.74 Å². The first-order valence-electron chi connectivity index (χ1n) is 7.55. The fourth-order valence-corrected chi connectivity index (χ4v) is 1.91. The topological polar surface area (TPSA) is 64.4 Å². The number of rotatable bonds is 8. The molecular formula is C17H22N2O3. The third kappa shape index (κ3) is 5.00. The average molecular weight is 302 g/mol. The van der Waals surface area contributed by atoms with Gasteiger partial charge in [0.05, 0.1) is 0 Å². The van der Waals surface area contributed by atoms with Crippen molar-refractivity contribution in [2.75, 3.05) is 19.8 Å². The van der Waals surface area contributed by atoms with Gasteiger partial charge in [-0.25, -0.2) is 0 Å². The number of benzene rings is 1. The van der Waals surface area contributed by atoms with Crippen molar-refractivity contribution in [3.63, 3.8) is 0 Å². The van der Waals surface area contributed by atoms with Crippen molar-refractivity contribution in [2.45, 2.75) is 20.3 Å². The molecule has 0 fully saturated rings. The van der Waals surface area contributed by atoms with E-state index in [0.29, 0.717) is 30.5 Å². The maximum Gasteiger partial charge on any atom is 0.273 e. The molecule has 0 unspecified atom stereocenters. The number of carbonyl (C=O) groups is 1. The molecule has 2 aromatic rings. The minimum Gasteiger partial charge on any atom is -0.381 e. The molecule has 0 spiro atoms. The minimum absolute atomic E-state index is 0.227. The molecule has 0 radical (unpaired) electrons. The van der Waals surface area contributed by atoms with Gasteiger partial charge < -0.3 is 14.6 Å². The largest absolute Gasteiger partial charge is 0.381 e. The predicted octanol–water partition coefficient (Wildman–Crippen LogP) is 3.13. The summed E-state index contributed by atoms with van der Waals surface area (Å²) in [6.45, 7) is 6.17. The number of amides is 1. The van der Waals surface area contributed by atoms with E-state index in [9.17, 15) is 4.79 Å². The summed E-state index contributed by atoms with van der Waals surface area (Å²) in [6, 6.07) is 11.2. The lowest BCUT2D eigenvalue weighted by atomic mass is 10.1.